The van der Waals surface area contributed by atoms with Gasteiger partial charge in [0.2, 0.25) is 11.8 Å². The van der Waals surface area contributed by atoms with E-state index in [-0.39, 0.29) is 41.3 Å². The zero-order valence-electron chi connectivity index (χ0n) is 24.7. The molecule has 1 aliphatic carbocycles. The number of piperidine rings is 1. The third kappa shape index (κ3) is 4.85. The zero-order valence-corrected chi connectivity index (χ0v) is 25.4. The Kier molecular flexibility index (Phi) is 6.54. The molecule has 43 heavy (non-hydrogen) atoms. The summed E-state index contributed by atoms with van der Waals surface area (Å²) >= 11 is 6.66. The lowest BCUT2D eigenvalue weighted by atomic mass is 9.91. The van der Waals surface area contributed by atoms with E-state index in [1.54, 1.807) is 17.0 Å². The van der Waals surface area contributed by atoms with Crippen LogP contribution in [0.1, 0.15) is 69.5 Å². The first kappa shape index (κ1) is 27.9. The van der Waals surface area contributed by atoms with Crippen LogP contribution >= 0.6 is 11.6 Å². The molecule has 2 fully saturated rings. The number of rotatable bonds is 5. The monoisotopic (exact) mass is 601 g/mol. The summed E-state index contributed by atoms with van der Waals surface area (Å²) in [6.07, 6.45) is 7.47. The molecule has 4 aromatic rings. The number of pyridine rings is 1. The van der Waals surface area contributed by atoms with Crippen molar-refractivity contribution in [3.63, 3.8) is 0 Å². The highest BCUT2D eigenvalue weighted by molar-refractivity contribution is 6.35. The number of aromatic amines is 2. The molecule has 0 spiro atoms. The van der Waals surface area contributed by atoms with E-state index in [4.69, 9.17) is 11.6 Å². The second-order valence-corrected chi connectivity index (χ2v) is 14.0. The van der Waals surface area contributed by atoms with Gasteiger partial charge in [0.1, 0.15) is 0 Å². The van der Waals surface area contributed by atoms with Gasteiger partial charge in [0, 0.05) is 62.3 Å². The number of nitrogens with one attached hydrogen (secondary N) is 2. The molecule has 2 atom stereocenters. The van der Waals surface area contributed by atoms with Crippen molar-refractivity contribution in [2.24, 2.45) is 10.8 Å². The number of halogens is 1. The van der Waals surface area contributed by atoms with Gasteiger partial charge < -0.3 is 14.8 Å². The summed E-state index contributed by atoms with van der Waals surface area (Å²) in [4.78, 5) is 51.9. The molecule has 0 bridgehead atoms. The number of hydrogen-bond donors (Lipinski definition) is 2. The summed E-state index contributed by atoms with van der Waals surface area (Å²) in [5.41, 5.74) is 3.28. The molecule has 1 aromatic carbocycles. The number of carbonyl (C=O) groups excluding carboxylic acids is 2. The molecule has 3 aromatic heterocycles. The molecule has 1 unspecified atom stereocenters. The maximum Gasteiger partial charge on any atom is 0.326 e. The quantitative estimate of drug-likeness (QED) is 0.338. The molecule has 0 radical (unpaired) electrons. The Morgan fingerprint density at radius 3 is 2.70 bits per heavy atom. The molecule has 10 nitrogen and oxygen atoms in total. The molecule has 3 aliphatic rings. The smallest absolute Gasteiger partial charge is 0.326 e. The lowest BCUT2D eigenvalue weighted by molar-refractivity contribution is -0.144. The number of carbonyl (C=O) groups is 2. The molecule has 2 aliphatic heterocycles. The van der Waals surface area contributed by atoms with Crippen LogP contribution in [0.3, 0.4) is 0 Å². The van der Waals surface area contributed by atoms with Gasteiger partial charge in [0.25, 0.3) is 0 Å². The fourth-order valence-corrected chi connectivity index (χ4v) is 7.50. The first-order valence-corrected chi connectivity index (χ1v) is 15.4. The Bertz CT molecular complexity index is 1780. The Morgan fingerprint density at radius 2 is 1.98 bits per heavy atom. The van der Waals surface area contributed by atoms with Crippen molar-refractivity contribution in [2.45, 2.75) is 65.0 Å². The van der Waals surface area contributed by atoms with Crippen LogP contribution in [0.4, 0.5) is 0 Å². The SMILES string of the molecule is CC(C)(C)CN1Cc2c(cc(Cl)c3[nH]ncc23)[C@H]2CC2(CC(=O)N2CCC(n3cc(-c4ccccn4)[nH]c3=O)CC2)C1=O. The van der Waals surface area contributed by atoms with E-state index in [2.05, 4.69) is 40.9 Å². The van der Waals surface area contributed by atoms with E-state index in [0.29, 0.717) is 61.9 Å². The van der Waals surface area contributed by atoms with Crippen molar-refractivity contribution in [3.05, 3.63) is 69.5 Å². The fourth-order valence-electron chi connectivity index (χ4n) is 7.24. The van der Waals surface area contributed by atoms with Crippen molar-refractivity contribution in [2.75, 3.05) is 19.6 Å². The van der Waals surface area contributed by atoms with Gasteiger partial charge >= 0.3 is 5.69 Å². The molecule has 5 heterocycles. The zero-order chi connectivity index (χ0) is 30.1. The van der Waals surface area contributed by atoms with Crippen LogP contribution in [0.25, 0.3) is 22.3 Å². The minimum Gasteiger partial charge on any atom is -0.343 e. The van der Waals surface area contributed by atoms with Gasteiger partial charge in [0.05, 0.1) is 33.5 Å². The maximum atomic E-state index is 14.3. The van der Waals surface area contributed by atoms with Gasteiger partial charge in [-0.05, 0) is 54.0 Å². The Morgan fingerprint density at radius 1 is 1.19 bits per heavy atom. The lowest BCUT2D eigenvalue weighted by Crippen LogP contribution is -2.45. The van der Waals surface area contributed by atoms with Gasteiger partial charge in [0.15, 0.2) is 0 Å². The molecule has 1 saturated carbocycles. The van der Waals surface area contributed by atoms with E-state index in [1.807, 2.05) is 40.3 Å². The van der Waals surface area contributed by atoms with Crippen LogP contribution in [0, 0.1) is 10.8 Å². The van der Waals surface area contributed by atoms with Crippen LogP contribution in [0.2, 0.25) is 5.02 Å². The highest BCUT2D eigenvalue weighted by Gasteiger charge is 2.64. The van der Waals surface area contributed by atoms with E-state index in [0.717, 1.165) is 22.0 Å². The standard InChI is InChI=1S/C32H36ClN7O3/c1-31(2,3)18-39-16-22-20(12-24(33)28-21(22)15-35-37-28)23-13-32(23,29(39)42)14-27(41)38-10-7-19(8-11-38)40-17-26(36-30(40)43)25-6-4-5-9-34-25/h4-6,9,12,15,17,19,23H,7-8,10-11,13-14,16,18H2,1-3H3,(H,35,37)(H,36,43)/t23-,32?/m1/s1. The first-order chi connectivity index (χ1) is 20.5. The van der Waals surface area contributed by atoms with Crippen LogP contribution in [0.15, 0.2) is 47.7 Å². The number of likely N-dealkylation sites (tertiary alicyclic amines) is 1. The second-order valence-electron chi connectivity index (χ2n) is 13.6. The first-order valence-electron chi connectivity index (χ1n) is 15.0. The van der Waals surface area contributed by atoms with Crippen molar-refractivity contribution in [3.8, 4) is 11.4 Å². The highest BCUT2D eigenvalue weighted by atomic mass is 35.5. The number of amides is 2. The summed E-state index contributed by atoms with van der Waals surface area (Å²) in [5.74, 6) is 0.00166. The molecule has 7 rings (SSSR count). The number of H-pyrrole nitrogens is 2. The van der Waals surface area contributed by atoms with Crippen LogP contribution in [0.5, 0.6) is 0 Å². The summed E-state index contributed by atoms with van der Waals surface area (Å²) in [7, 11) is 0. The van der Waals surface area contributed by atoms with Gasteiger partial charge in [-0.3, -0.25) is 24.2 Å². The molecule has 2 amide bonds. The number of hydrogen-bond acceptors (Lipinski definition) is 5. The minimum absolute atomic E-state index is 0.000431. The third-order valence-corrected chi connectivity index (χ3v) is 9.67. The Labute approximate surface area is 254 Å². The van der Waals surface area contributed by atoms with Crippen LogP contribution in [-0.2, 0) is 16.1 Å². The molecular weight excluding hydrogens is 566 g/mol. The largest absolute Gasteiger partial charge is 0.343 e. The van der Waals surface area contributed by atoms with Crippen molar-refractivity contribution in [1.29, 1.82) is 0 Å². The van der Waals surface area contributed by atoms with Gasteiger partial charge in [-0.2, -0.15) is 5.10 Å². The maximum absolute atomic E-state index is 14.3. The summed E-state index contributed by atoms with van der Waals surface area (Å²) in [5, 5.41) is 8.76. The van der Waals surface area contributed by atoms with E-state index >= 15 is 0 Å². The average molecular weight is 602 g/mol. The molecule has 224 valence electrons. The lowest BCUT2D eigenvalue weighted by Gasteiger charge is -2.35. The van der Waals surface area contributed by atoms with Crippen LogP contribution in [-0.4, -0.2) is 66.0 Å². The van der Waals surface area contributed by atoms with E-state index in [9.17, 15) is 14.4 Å². The summed E-state index contributed by atoms with van der Waals surface area (Å²) in [6, 6.07) is 7.56. The fraction of sp³-hybridized carbons (Fsp3) is 0.469. The molecular formula is C32H36ClN7O3. The van der Waals surface area contributed by atoms with E-state index < -0.39 is 5.41 Å². The Balaban J connectivity index is 1.11. The third-order valence-electron chi connectivity index (χ3n) is 9.37. The van der Waals surface area contributed by atoms with Crippen molar-refractivity contribution < 1.29 is 9.59 Å². The van der Waals surface area contributed by atoms with Gasteiger partial charge in [-0.1, -0.05) is 38.4 Å². The number of nitrogens with zero attached hydrogens (tertiary/aromatic N) is 5. The number of aromatic nitrogens is 5. The van der Waals surface area contributed by atoms with Crippen LogP contribution < -0.4 is 5.69 Å². The van der Waals surface area contributed by atoms with E-state index in [1.165, 1.54) is 0 Å². The Hall–Kier alpha value is -3.92. The predicted octanol–water partition coefficient (Wildman–Crippen LogP) is 4.88. The average Bonchev–Trinajstić information content (AvgIpc) is 3.30. The number of fused-ring (bicyclic) bond motifs is 5. The van der Waals surface area contributed by atoms with Gasteiger partial charge in [-0.15, -0.1) is 0 Å². The summed E-state index contributed by atoms with van der Waals surface area (Å²) in [6.45, 7) is 8.53. The number of benzene rings is 1. The molecule has 2 N–H and O–H groups in total. The van der Waals surface area contributed by atoms with Gasteiger partial charge in [-0.25, -0.2) is 4.79 Å². The predicted molar refractivity (Wildman–Crippen MR) is 164 cm³/mol. The topological polar surface area (TPSA) is 120 Å². The minimum atomic E-state index is -0.764. The van der Waals surface area contributed by atoms with Crippen molar-refractivity contribution in [1.82, 2.24) is 34.5 Å². The normalized spacial score (nSPS) is 22.4. The number of imidazole rings is 1. The highest BCUT2D eigenvalue weighted by Crippen LogP contribution is 2.65. The molecule has 11 heteroatoms. The van der Waals surface area contributed by atoms with Crippen molar-refractivity contribution >= 4 is 34.3 Å². The second kappa shape index (κ2) is 10.1. The molecule has 1 saturated heterocycles. The summed E-state index contributed by atoms with van der Waals surface area (Å²) < 4.78 is 1.73.